The van der Waals surface area contributed by atoms with E-state index in [1.54, 1.807) is 0 Å². The van der Waals surface area contributed by atoms with Gasteiger partial charge in [-0.25, -0.2) is 0 Å². The average molecular weight is 262 g/mol. The van der Waals surface area contributed by atoms with Crippen molar-refractivity contribution >= 4 is 17.2 Å². The molecule has 0 unspecified atom stereocenters. The van der Waals surface area contributed by atoms with Crippen LogP contribution in [0.15, 0.2) is 12.1 Å². The van der Waals surface area contributed by atoms with Gasteiger partial charge in [0.25, 0.3) is 5.91 Å². The van der Waals surface area contributed by atoms with Crippen LogP contribution in [0, 0.1) is 11.8 Å². The molecule has 0 aliphatic heterocycles. The normalized spacial score (nSPS) is 13.9. The van der Waals surface area contributed by atoms with Crippen LogP contribution in [0.5, 0.6) is 0 Å². The van der Waals surface area contributed by atoms with Crippen LogP contribution in [0.25, 0.3) is 0 Å². The van der Waals surface area contributed by atoms with Crippen molar-refractivity contribution in [3.63, 3.8) is 0 Å². The molecule has 0 spiro atoms. The number of rotatable bonds is 4. The predicted octanol–water partition coefficient (Wildman–Crippen LogP) is 2.07. The number of nitrogens with two attached hydrogens (primary N) is 1. The zero-order valence-corrected chi connectivity index (χ0v) is 11.4. The van der Waals surface area contributed by atoms with Crippen molar-refractivity contribution in [3.8, 4) is 11.8 Å². The summed E-state index contributed by atoms with van der Waals surface area (Å²) in [5, 5.41) is 0. The van der Waals surface area contributed by atoms with Gasteiger partial charge in [-0.05, 0) is 31.4 Å². The minimum absolute atomic E-state index is 0.158. The molecule has 1 aromatic rings. The summed E-state index contributed by atoms with van der Waals surface area (Å²) in [5.41, 5.74) is 5.33. The lowest BCUT2D eigenvalue weighted by Gasteiger charge is -2.20. The lowest BCUT2D eigenvalue weighted by atomic mass is 10.3. The molecule has 0 aromatic carbocycles. The van der Waals surface area contributed by atoms with Crippen LogP contribution < -0.4 is 5.73 Å². The largest absolute Gasteiger partial charge is 0.335 e. The third kappa shape index (κ3) is 3.12. The highest BCUT2D eigenvalue weighted by atomic mass is 32.1. The minimum atomic E-state index is 0.158. The van der Waals surface area contributed by atoms with Gasteiger partial charge in [-0.3, -0.25) is 4.79 Å². The van der Waals surface area contributed by atoms with Crippen LogP contribution in [0.2, 0.25) is 0 Å². The molecule has 0 bridgehead atoms. The van der Waals surface area contributed by atoms with E-state index in [0.29, 0.717) is 12.6 Å². The first-order valence-electron chi connectivity index (χ1n) is 6.36. The number of thiophene rings is 1. The molecule has 1 aromatic heterocycles. The molecular weight excluding hydrogens is 244 g/mol. The summed E-state index contributed by atoms with van der Waals surface area (Å²) < 4.78 is 0. The Bertz CT molecular complexity index is 479. The topological polar surface area (TPSA) is 46.3 Å². The van der Waals surface area contributed by atoms with Crippen molar-refractivity contribution in [2.45, 2.75) is 32.2 Å². The zero-order chi connectivity index (χ0) is 13.0. The molecule has 1 saturated carbocycles. The third-order valence-corrected chi connectivity index (χ3v) is 3.83. The van der Waals surface area contributed by atoms with Crippen LogP contribution in [0.4, 0.5) is 0 Å². The van der Waals surface area contributed by atoms with Gasteiger partial charge in [0.05, 0.1) is 16.3 Å². The number of carbonyl (C=O) groups excluding carboxylic acids is 1. The van der Waals surface area contributed by atoms with E-state index in [0.717, 1.165) is 35.6 Å². The van der Waals surface area contributed by atoms with Gasteiger partial charge in [-0.2, -0.15) is 0 Å². The van der Waals surface area contributed by atoms with E-state index in [1.165, 1.54) is 11.3 Å². The molecule has 3 nitrogen and oxygen atoms in total. The molecule has 0 atom stereocenters. The fourth-order valence-corrected chi connectivity index (χ4v) is 2.71. The second-order valence-electron chi connectivity index (χ2n) is 4.40. The maximum atomic E-state index is 12.4. The summed E-state index contributed by atoms with van der Waals surface area (Å²) in [6, 6.07) is 4.24. The van der Waals surface area contributed by atoms with Crippen molar-refractivity contribution in [1.29, 1.82) is 0 Å². The van der Waals surface area contributed by atoms with E-state index in [9.17, 15) is 4.79 Å². The Morgan fingerprint density at radius 3 is 2.94 bits per heavy atom. The summed E-state index contributed by atoms with van der Waals surface area (Å²) in [4.78, 5) is 16.1. The molecule has 0 radical (unpaired) electrons. The molecule has 4 heteroatoms. The van der Waals surface area contributed by atoms with E-state index in [2.05, 4.69) is 18.8 Å². The molecule has 2 N–H and O–H groups in total. The molecule has 1 aliphatic rings. The van der Waals surface area contributed by atoms with E-state index in [4.69, 9.17) is 5.73 Å². The van der Waals surface area contributed by atoms with E-state index < -0.39 is 0 Å². The van der Waals surface area contributed by atoms with E-state index >= 15 is 0 Å². The quantitative estimate of drug-likeness (QED) is 0.844. The van der Waals surface area contributed by atoms with E-state index in [1.807, 2.05) is 17.0 Å². The Balaban J connectivity index is 2.09. The van der Waals surface area contributed by atoms with Crippen LogP contribution in [0.1, 0.15) is 40.7 Å². The van der Waals surface area contributed by atoms with Crippen molar-refractivity contribution in [2.75, 3.05) is 13.1 Å². The summed E-state index contributed by atoms with van der Waals surface area (Å²) in [7, 11) is 0. The lowest BCUT2D eigenvalue weighted by Crippen LogP contribution is -2.33. The van der Waals surface area contributed by atoms with Gasteiger partial charge < -0.3 is 10.6 Å². The van der Waals surface area contributed by atoms with Gasteiger partial charge in [0.15, 0.2) is 0 Å². The molecule has 2 rings (SSSR count). The van der Waals surface area contributed by atoms with Gasteiger partial charge in [0, 0.05) is 12.6 Å². The highest BCUT2D eigenvalue weighted by Gasteiger charge is 2.32. The third-order valence-electron chi connectivity index (χ3n) is 2.84. The fourth-order valence-electron chi connectivity index (χ4n) is 1.88. The van der Waals surface area contributed by atoms with Gasteiger partial charge in [-0.1, -0.05) is 18.8 Å². The van der Waals surface area contributed by atoms with Crippen molar-refractivity contribution in [2.24, 2.45) is 5.73 Å². The van der Waals surface area contributed by atoms with Crippen molar-refractivity contribution in [1.82, 2.24) is 4.90 Å². The molecule has 0 saturated heterocycles. The molecule has 1 heterocycles. The Morgan fingerprint density at radius 2 is 2.33 bits per heavy atom. The molecule has 18 heavy (non-hydrogen) atoms. The standard InChI is InChI=1S/C14H18N2OS/c1-2-10-16(11-5-6-11)14(17)13-8-7-12(18-13)4-3-9-15/h7-8,11H,2,5-6,9-10,15H2,1H3. The molecule has 1 aliphatic carbocycles. The number of hydrogen-bond donors (Lipinski definition) is 1. The average Bonchev–Trinajstić information content (AvgIpc) is 3.11. The molecule has 1 amide bonds. The van der Waals surface area contributed by atoms with Crippen LogP contribution in [-0.2, 0) is 0 Å². The highest BCUT2D eigenvalue weighted by Crippen LogP contribution is 2.29. The second kappa shape index (κ2) is 6.03. The Morgan fingerprint density at radius 1 is 1.56 bits per heavy atom. The number of carbonyl (C=O) groups is 1. The number of amides is 1. The van der Waals surface area contributed by atoms with Crippen LogP contribution in [0.3, 0.4) is 0 Å². The van der Waals surface area contributed by atoms with Crippen molar-refractivity contribution < 1.29 is 4.79 Å². The first-order valence-corrected chi connectivity index (χ1v) is 7.17. The van der Waals surface area contributed by atoms with Crippen molar-refractivity contribution in [3.05, 3.63) is 21.9 Å². The van der Waals surface area contributed by atoms with Crippen LogP contribution in [-0.4, -0.2) is 29.9 Å². The maximum Gasteiger partial charge on any atom is 0.264 e. The number of hydrogen-bond acceptors (Lipinski definition) is 3. The molecule has 1 fully saturated rings. The van der Waals surface area contributed by atoms with Crippen LogP contribution >= 0.6 is 11.3 Å². The Hall–Kier alpha value is -1.31. The summed E-state index contributed by atoms with van der Waals surface area (Å²) in [5.74, 6) is 5.94. The summed E-state index contributed by atoms with van der Waals surface area (Å²) in [6.45, 7) is 3.31. The minimum Gasteiger partial charge on any atom is -0.335 e. The maximum absolute atomic E-state index is 12.4. The van der Waals surface area contributed by atoms with Gasteiger partial charge in [0.2, 0.25) is 0 Å². The van der Waals surface area contributed by atoms with Gasteiger partial charge >= 0.3 is 0 Å². The number of nitrogens with zero attached hydrogens (tertiary/aromatic N) is 1. The highest BCUT2D eigenvalue weighted by molar-refractivity contribution is 7.14. The van der Waals surface area contributed by atoms with E-state index in [-0.39, 0.29) is 5.91 Å². The molecule has 96 valence electrons. The zero-order valence-electron chi connectivity index (χ0n) is 10.6. The first-order chi connectivity index (χ1) is 8.76. The Kier molecular flexibility index (Phi) is 4.40. The van der Waals surface area contributed by atoms with Gasteiger partial charge in [-0.15, -0.1) is 11.3 Å². The fraction of sp³-hybridized carbons (Fsp3) is 0.500. The Labute approximate surface area is 112 Å². The molecular formula is C14H18N2OS. The lowest BCUT2D eigenvalue weighted by molar-refractivity contribution is 0.0748. The van der Waals surface area contributed by atoms with Gasteiger partial charge in [0.1, 0.15) is 0 Å². The monoisotopic (exact) mass is 262 g/mol. The summed E-state index contributed by atoms with van der Waals surface area (Å²) in [6.07, 6.45) is 3.31. The smallest absolute Gasteiger partial charge is 0.264 e. The SMILES string of the molecule is CCCN(C(=O)c1ccc(C#CCN)s1)C1CC1. The first kappa shape index (κ1) is 13.1. The predicted molar refractivity (Wildman–Crippen MR) is 74.6 cm³/mol. The summed E-state index contributed by atoms with van der Waals surface area (Å²) >= 11 is 1.46. The second-order valence-corrected chi connectivity index (χ2v) is 5.48.